The van der Waals surface area contributed by atoms with Gasteiger partial charge >= 0.3 is 0 Å². The van der Waals surface area contributed by atoms with Crippen LogP contribution in [0.25, 0.3) is 0 Å². The highest BCUT2D eigenvalue weighted by molar-refractivity contribution is 6.12. The van der Waals surface area contributed by atoms with Gasteiger partial charge < -0.3 is 0 Å². The minimum absolute atomic E-state index is 0.594. The van der Waals surface area contributed by atoms with Gasteiger partial charge in [0.25, 0.3) is 0 Å². The normalized spacial score (nSPS) is 9.92. The van der Waals surface area contributed by atoms with Crippen LogP contribution in [0.1, 0.15) is 5.56 Å². The lowest BCUT2D eigenvalue weighted by molar-refractivity contribution is 1.55. The van der Waals surface area contributed by atoms with Gasteiger partial charge in [0.2, 0.25) is 0 Å². The molecule has 0 unspecified atom stereocenters. The quantitative estimate of drug-likeness (QED) is 0.364. The van der Waals surface area contributed by atoms with Crippen LogP contribution in [0.5, 0.6) is 0 Å². The molecule has 13 heavy (non-hydrogen) atoms. The van der Waals surface area contributed by atoms with E-state index in [-0.39, 0.29) is 0 Å². The predicted octanol–water partition coefficient (Wildman–Crippen LogP) is 2.41. The number of hydrogen-bond donors (Lipinski definition) is 0. The van der Waals surface area contributed by atoms with Crippen molar-refractivity contribution in [1.82, 2.24) is 0 Å². The van der Waals surface area contributed by atoms with E-state index in [1.165, 1.54) is 6.20 Å². The van der Waals surface area contributed by atoms with E-state index >= 15 is 0 Å². The molecule has 1 heteroatoms. The molecule has 1 aromatic carbocycles. The number of aliphatic imine (C=N–C) groups is 1. The van der Waals surface area contributed by atoms with Gasteiger partial charge in [0.05, 0.1) is 6.20 Å². The van der Waals surface area contributed by atoms with Crippen LogP contribution in [0, 0.1) is 12.3 Å². The first kappa shape index (κ1) is 9.06. The molecule has 0 heterocycles. The lowest BCUT2D eigenvalue weighted by atomic mass is 10.1. The second kappa shape index (κ2) is 4.77. The molecule has 0 radical (unpaired) electrons. The standard InChI is InChI=1S/C12H9N/c1-3-10-13-12(4-2)11-8-6-5-7-9-11/h2,5-10H,1H2. The van der Waals surface area contributed by atoms with Crippen molar-refractivity contribution >= 4 is 5.71 Å². The number of nitrogens with zero attached hydrogens (tertiary/aromatic N) is 1. The van der Waals surface area contributed by atoms with E-state index in [0.717, 1.165) is 5.56 Å². The monoisotopic (exact) mass is 167 g/mol. The zero-order valence-corrected chi connectivity index (χ0v) is 7.20. The van der Waals surface area contributed by atoms with Crippen molar-refractivity contribution < 1.29 is 0 Å². The average molecular weight is 167 g/mol. The molecule has 0 saturated heterocycles. The van der Waals surface area contributed by atoms with Gasteiger partial charge in [-0.3, -0.25) is 0 Å². The third-order valence-electron chi connectivity index (χ3n) is 1.47. The van der Waals surface area contributed by atoms with Gasteiger partial charge in [0.1, 0.15) is 5.71 Å². The molecule has 0 N–H and O–H groups in total. The maximum Gasteiger partial charge on any atom is 0.120 e. The van der Waals surface area contributed by atoms with E-state index in [0.29, 0.717) is 5.71 Å². The molecule has 1 aromatic rings. The van der Waals surface area contributed by atoms with Crippen LogP contribution < -0.4 is 0 Å². The van der Waals surface area contributed by atoms with Crippen LogP contribution in [0.2, 0.25) is 0 Å². The zero-order valence-electron chi connectivity index (χ0n) is 7.20. The second-order valence-electron chi connectivity index (χ2n) is 2.32. The Balaban J connectivity index is 3.07. The van der Waals surface area contributed by atoms with Gasteiger partial charge in [-0.15, -0.1) is 12.2 Å². The van der Waals surface area contributed by atoms with Crippen LogP contribution in [-0.2, 0) is 0 Å². The molecule has 0 bridgehead atoms. The van der Waals surface area contributed by atoms with Crippen molar-refractivity contribution in [2.45, 2.75) is 0 Å². The molecule has 0 atom stereocenters. The number of hydrogen-bond acceptors (Lipinski definition) is 1. The van der Waals surface area contributed by atoms with E-state index in [1.807, 2.05) is 30.3 Å². The largest absolute Gasteiger partial charge is 0.239 e. The number of terminal acetylenes is 1. The highest BCUT2D eigenvalue weighted by atomic mass is 14.7. The Labute approximate surface area is 78.1 Å². The molecule has 0 saturated carbocycles. The zero-order chi connectivity index (χ0) is 9.52. The first-order valence-corrected chi connectivity index (χ1v) is 3.82. The molecule has 0 aliphatic carbocycles. The fourth-order valence-electron chi connectivity index (χ4n) is 0.901. The summed E-state index contributed by atoms with van der Waals surface area (Å²) < 4.78 is 0. The van der Waals surface area contributed by atoms with Crippen LogP contribution >= 0.6 is 0 Å². The fourth-order valence-corrected chi connectivity index (χ4v) is 0.901. The van der Waals surface area contributed by atoms with E-state index in [2.05, 4.69) is 23.2 Å². The molecule has 62 valence electrons. The number of benzene rings is 1. The van der Waals surface area contributed by atoms with Gasteiger partial charge in [-0.2, -0.15) is 0 Å². The maximum absolute atomic E-state index is 5.30. The molecule has 0 fully saturated rings. The van der Waals surface area contributed by atoms with Crippen molar-refractivity contribution in [2.75, 3.05) is 0 Å². The van der Waals surface area contributed by atoms with E-state index in [1.54, 1.807) is 0 Å². The minimum atomic E-state index is 0.594. The SMILES string of the molecule is C#CC(=NC=C=C)c1ccccc1. The summed E-state index contributed by atoms with van der Waals surface area (Å²) in [5.41, 5.74) is 4.07. The van der Waals surface area contributed by atoms with Crippen LogP contribution in [0.4, 0.5) is 0 Å². The average Bonchev–Trinajstić information content (AvgIpc) is 2.21. The molecule has 1 rings (SSSR count). The van der Waals surface area contributed by atoms with Gasteiger partial charge in [-0.1, -0.05) is 36.9 Å². The van der Waals surface area contributed by atoms with Crippen molar-refractivity contribution in [3.8, 4) is 12.3 Å². The highest BCUT2D eigenvalue weighted by Gasteiger charge is 1.95. The molecular formula is C12H9N. The predicted molar refractivity (Wildman–Crippen MR) is 55.5 cm³/mol. The van der Waals surface area contributed by atoms with Gasteiger partial charge in [-0.05, 0) is 5.92 Å². The summed E-state index contributed by atoms with van der Waals surface area (Å²) in [7, 11) is 0. The first-order valence-electron chi connectivity index (χ1n) is 3.82. The lowest BCUT2D eigenvalue weighted by Gasteiger charge is -1.95. The van der Waals surface area contributed by atoms with Crippen molar-refractivity contribution in [2.24, 2.45) is 4.99 Å². The Bertz CT molecular complexity index is 387. The topological polar surface area (TPSA) is 12.4 Å². The maximum atomic E-state index is 5.30. The molecule has 0 aliphatic rings. The molecule has 0 aromatic heterocycles. The van der Waals surface area contributed by atoms with Crippen LogP contribution in [-0.4, -0.2) is 5.71 Å². The van der Waals surface area contributed by atoms with Crippen molar-refractivity contribution in [1.29, 1.82) is 0 Å². The summed E-state index contributed by atoms with van der Waals surface area (Å²) in [6.07, 6.45) is 6.76. The Morgan fingerprint density at radius 2 is 2.08 bits per heavy atom. The highest BCUT2D eigenvalue weighted by Crippen LogP contribution is 2.00. The fraction of sp³-hybridized carbons (Fsp3) is 0. The summed E-state index contributed by atoms with van der Waals surface area (Å²) in [6, 6.07) is 9.59. The summed E-state index contributed by atoms with van der Waals surface area (Å²) in [4.78, 5) is 4.01. The first-order chi connectivity index (χ1) is 6.38. The molecule has 1 nitrogen and oxygen atoms in total. The van der Waals surface area contributed by atoms with Crippen molar-refractivity contribution in [3.63, 3.8) is 0 Å². The molecule has 0 aliphatic heterocycles. The molecule has 0 amide bonds. The third-order valence-corrected chi connectivity index (χ3v) is 1.47. The summed E-state index contributed by atoms with van der Waals surface area (Å²) in [5, 5.41) is 0. The third kappa shape index (κ3) is 2.48. The second-order valence-corrected chi connectivity index (χ2v) is 2.32. The van der Waals surface area contributed by atoms with Crippen LogP contribution in [0.3, 0.4) is 0 Å². The van der Waals surface area contributed by atoms with Gasteiger partial charge in [0, 0.05) is 5.56 Å². The Morgan fingerprint density at radius 1 is 1.38 bits per heavy atom. The van der Waals surface area contributed by atoms with E-state index < -0.39 is 0 Å². The smallest absolute Gasteiger partial charge is 0.120 e. The van der Waals surface area contributed by atoms with Crippen LogP contribution in [0.15, 0.2) is 53.8 Å². The lowest BCUT2D eigenvalue weighted by Crippen LogP contribution is -1.94. The Morgan fingerprint density at radius 3 is 2.62 bits per heavy atom. The summed E-state index contributed by atoms with van der Waals surface area (Å²) in [5.74, 6) is 2.50. The van der Waals surface area contributed by atoms with E-state index in [4.69, 9.17) is 6.42 Å². The van der Waals surface area contributed by atoms with Gasteiger partial charge in [-0.25, -0.2) is 4.99 Å². The number of rotatable bonds is 2. The van der Waals surface area contributed by atoms with Crippen molar-refractivity contribution in [3.05, 3.63) is 54.4 Å². The Hall–Kier alpha value is -2.03. The molecule has 0 spiro atoms. The van der Waals surface area contributed by atoms with Gasteiger partial charge in [0.15, 0.2) is 0 Å². The summed E-state index contributed by atoms with van der Waals surface area (Å²) in [6.45, 7) is 3.40. The van der Waals surface area contributed by atoms with E-state index in [9.17, 15) is 0 Å². The minimum Gasteiger partial charge on any atom is -0.239 e. The summed E-state index contributed by atoms with van der Waals surface area (Å²) >= 11 is 0. The Kier molecular flexibility index (Phi) is 3.32. The molecular weight excluding hydrogens is 158 g/mol.